The summed E-state index contributed by atoms with van der Waals surface area (Å²) in [5.41, 5.74) is 0. The number of carbonyl (C=O) groups is 1. The number of thiophene rings is 1. The van der Waals surface area contributed by atoms with E-state index in [1.165, 1.54) is 11.4 Å². The highest BCUT2D eigenvalue weighted by Gasteiger charge is 2.17. The Balaban J connectivity index is 2.53. The maximum Gasteiger partial charge on any atom is 0.387 e. The molecule has 1 rings (SSSR count). The standard InChI is InChI=1S/C11H15F2NO3S/c1-2-3-7(15)6-14-10(16)9-8(4-5-18-9)17-11(12)13/h4-5,7,11,15H,2-3,6H2,1H3,(H,14,16). The molecule has 0 aliphatic heterocycles. The van der Waals surface area contributed by atoms with E-state index in [2.05, 4.69) is 10.1 Å². The summed E-state index contributed by atoms with van der Waals surface area (Å²) in [6, 6.07) is 1.31. The number of halogens is 2. The van der Waals surface area contributed by atoms with E-state index in [1.54, 1.807) is 0 Å². The molecule has 1 aromatic heterocycles. The summed E-state index contributed by atoms with van der Waals surface area (Å²) < 4.78 is 28.3. The number of hydrogen-bond acceptors (Lipinski definition) is 4. The quantitative estimate of drug-likeness (QED) is 0.804. The van der Waals surface area contributed by atoms with E-state index >= 15 is 0 Å². The zero-order valence-corrected chi connectivity index (χ0v) is 10.7. The molecular weight excluding hydrogens is 264 g/mol. The topological polar surface area (TPSA) is 58.6 Å². The molecule has 2 N–H and O–H groups in total. The molecule has 1 unspecified atom stereocenters. The molecular formula is C11H15F2NO3S. The third-order valence-corrected chi connectivity index (χ3v) is 3.07. The van der Waals surface area contributed by atoms with Crippen LogP contribution in [-0.2, 0) is 0 Å². The summed E-state index contributed by atoms with van der Waals surface area (Å²) in [7, 11) is 0. The number of rotatable bonds is 7. The molecule has 0 bridgehead atoms. The van der Waals surface area contributed by atoms with Gasteiger partial charge in [0.05, 0.1) is 6.10 Å². The highest BCUT2D eigenvalue weighted by atomic mass is 32.1. The predicted octanol–water partition coefficient (Wildman–Crippen LogP) is 2.24. The summed E-state index contributed by atoms with van der Waals surface area (Å²) in [5, 5.41) is 13.4. The maximum absolute atomic E-state index is 12.1. The average Bonchev–Trinajstić information content (AvgIpc) is 2.73. The zero-order valence-electron chi connectivity index (χ0n) is 9.86. The molecule has 0 saturated carbocycles. The van der Waals surface area contributed by atoms with E-state index in [-0.39, 0.29) is 17.2 Å². The third-order valence-electron chi connectivity index (χ3n) is 2.17. The molecule has 4 nitrogen and oxygen atoms in total. The van der Waals surface area contributed by atoms with Crippen molar-refractivity contribution in [2.45, 2.75) is 32.5 Å². The van der Waals surface area contributed by atoms with Gasteiger partial charge in [-0.3, -0.25) is 4.79 Å². The lowest BCUT2D eigenvalue weighted by atomic mass is 10.2. The number of hydrogen-bond donors (Lipinski definition) is 2. The number of ether oxygens (including phenoxy) is 1. The molecule has 0 aliphatic rings. The maximum atomic E-state index is 12.1. The summed E-state index contributed by atoms with van der Waals surface area (Å²) in [6.07, 6.45) is 0.749. The second kappa shape index (κ2) is 7.27. The van der Waals surface area contributed by atoms with Gasteiger partial charge >= 0.3 is 6.61 Å². The molecule has 0 aliphatic carbocycles. The summed E-state index contributed by atoms with van der Waals surface area (Å²) in [5.74, 6) is -0.659. The van der Waals surface area contributed by atoms with Crippen LogP contribution in [-0.4, -0.2) is 30.3 Å². The smallest absolute Gasteiger partial charge is 0.387 e. The molecule has 1 atom stereocenters. The molecule has 0 aromatic carbocycles. The molecule has 0 radical (unpaired) electrons. The van der Waals surface area contributed by atoms with Gasteiger partial charge < -0.3 is 15.2 Å². The normalized spacial score (nSPS) is 12.5. The van der Waals surface area contributed by atoms with Gasteiger partial charge in [0.2, 0.25) is 0 Å². The van der Waals surface area contributed by atoms with Crippen LogP contribution in [0.2, 0.25) is 0 Å². The van der Waals surface area contributed by atoms with Gasteiger partial charge in [0.1, 0.15) is 10.6 Å². The Labute approximate surface area is 108 Å². The number of aliphatic hydroxyl groups is 1. The van der Waals surface area contributed by atoms with E-state index < -0.39 is 18.6 Å². The van der Waals surface area contributed by atoms with Crippen LogP contribution >= 0.6 is 11.3 Å². The molecule has 0 saturated heterocycles. The van der Waals surface area contributed by atoms with Crippen molar-refractivity contribution < 1.29 is 23.4 Å². The second-order valence-electron chi connectivity index (χ2n) is 3.65. The van der Waals surface area contributed by atoms with Crippen molar-refractivity contribution in [3.63, 3.8) is 0 Å². The van der Waals surface area contributed by atoms with Gasteiger partial charge in [0.25, 0.3) is 5.91 Å². The van der Waals surface area contributed by atoms with Crippen LogP contribution in [0.25, 0.3) is 0 Å². The molecule has 102 valence electrons. The molecule has 18 heavy (non-hydrogen) atoms. The number of aliphatic hydroxyl groups excluding tert-OH is 1. The Kier molecular flexibility index (Phi) is 6.00. The van der Waals surface area contributed by atoms with Crippen molar-refractivity contribution in [3.05, 3.63) is 16.3 Å². The fourth-order valence-electron chi connectivity index (χ4n) is 1.38. The molecule has 0 fully saturated rings. The van der Waals surface area contributed by atoms with Crippen LogP contribution in [0.4, 0.5) is 8.78 Å². The first-order chi connectivity index (χ1) is 8.54. The van der Waals surface area contributed by atoms with Crippen LogP contribution in [0.15, 0.2) is 11.4 Å². The van der Waals surface area contributed by atoms with Gasteiger partial charge in [0, 0.05) is 6.54 Å². The van der Waals surface area contributed by atoms with Crippen LogP contribution < -0.4 is 10.1 Å². The van der Waals surface area contributed by atoms with Crippen molar-refractivity contribution >= 4 is 17.2 Å². The van der Waals surface area contributed by atoms with Crippen LogP contribution in [0.3, 0.4) is 0 Å². The Morgan fingerprint density at radius 1 is 1.61 bits per heavy atom. The highest BCUT2D eigenvalue weighted by molar-refractivity contribution is 7.12. The third kappa shape index (κ3) is 4.58. The highest BCUT2D eigenvalue weighted by Crippen LogP contribution is 2.26. The monoisotopic (exact) mass is 279 g/mol. The first-order valence-electron chi connectivity index (χ1n) is 5.53. The van der Waals surface area contributed by atoms with Crippen LogP contribution in [0.1, 0.15) is 29.4 Å². The van der Waals surface area contributed by atoms with E-state index in [9.17, 15) is 18.7 Å². The van der Waals surface area contributed by atoms with E-state index in [4.69, 9.17) is 0 Å². The largest absolute Gasteiger partial charge is 0.433 e. The molecule has 1 heterocycles. The zero-order chi connectivity index (χ0) is 13.5. The van der Waals surface area contributed by atoms with Crippen LogP contribution in [0.5, 0.6) is 5.75 Å². The van der Waals surface area contributed by atoms with Gasteiger partial charge in [-0.2, -0.15) is 8.78 Å². The molecule has 1 aromatic rings. The predicted molar refractivity (Wildman–Crippen MR) is 64.2 cm³/mol. The van der Waals surface area contributed by atoms with Gasteiger partial charge in [-0.1, -0.05) is 13.3 Å². The van der Waals surface area contributed by atoms with E-state index in [1.807, 2.05) is 6.92 Å². The van der Waals surface area contributed by atoms with Gasteiger partial charge in [-0.05, 0) is 17.9 Å². The minimum atomic E-state index is -2.96. The molecule has 1 amide bonds. The van der Waals surface area contributed by atoms with E-state index in [0.29, 0.717) is 6.42 Å². The summed E-state index contributed by atoms with van der Waals surface area (Å²) >= 11 is 1.01. The lowest BCUT2D eigenvalue weighted by Crippen LogP contribution is -2.31. The fraction of sp³-hybridized carbons (Fsp3) is 0.545. The number of alkyl halides is 2. The van der Waals surface area contributed by atoms with Gasteiger partial charge in [-0.25, -0.2) is 0 Å². The molecule has 0 spiro atoms. The number of nitrogens with one attached hydrogen (secondary N) is 1. The Hall–Kier alpha value is -1.21. The van der Waals surface area contributed by atoms with Gasteiger partial charge in [-0.15, -0.1) is 11.3 Å². The average molecular weight is 279 g/mol. The minimum Gasteiger partial charge on any atom is -0.433 e. The Bertz CT molecular complexity index is 384. The van der Waals surface area contributed by atoms with Gasteiger partial charge in [0.15, 0.2) is 0 Å². The first-order valence-corrected chi connectivity index (χ1v) is 6.41. The Morgan fingerprint density at radius 3 is 2.94 bits per heavy atom. The number of carbonyl (C=O) groups excluding carboxylic acids is 1. The number of amides is 1. The summed E-state index contributed by atoms with van der Waals surface area (Å²) in [6.45, 7) is -0.950. The lowest BCUT2D eigenvalue weighted by Gasteiger charge is -2.11. The van der Waals surface area contributed by atoms with Crippen molar-refractivity contribution in [1.29, 1.82) is 0 Å². The SMILES string of the molecule is CCCC(O)CNC(=O)c1sccc1OC(F)F. The lowest BCUT2D eigenvalue weighted by molar-refractivity contribution is -0.0498. The van der Waals surface area contributed by atoms with Crippen molar-refractivity contribution in [2.24, 2.45) is 0 Å². The van der Waals surface area contributed by atoms with Crippen molar-refractivity contribution in [3.8, 4) is 5.75 Å². The first kappa shape index (κ1) is 14.8. The second-order valence-corrected chi connectivity index (χ2v) is 4.56. The molecule has 7 heteroatoms. The fourth-order valence-corrected chi connectivity index (χ4v) is 2.12. The minimum absolute atomic E-state index is 0.0824. The van der Waals surface area contributed by atoms with Crippen LogP contribution in [0, 0.1) is 0 Å². The van der Waals surface area contributed by atoms with Crippen molar-refractivity contribution in [1.82, 2.24) is 5.32 Å². The van der Waals surface area contributed by atoms with E-state index in [0.717, 1.165) is 17.8 Å². The summed E-state index contributed by atoms with van der Waals surface area (Å²) in [4.78, 5) is 11.8. The Morgan fingerprint density at radius 2 is 2.33 bits per heavy atom. The van der Waals surface area contributed by atoms with Crippen molar-refractivity contribution in [2.75, 3.05) is 6.54 Å².